The highest BCUT2D eigenvalue weighted by Crippen LogP contribution is 2.62. The van der Waals surface area contributed by atoms with E-state index >= 15 is 0 Å². The van der Waals surface area contributed by atoms with E-state index in [9.17, 15) is 14.4 Å². The molecule has 36 heavy (non-hydrogen) atoms. The number of nitrogens with zero attached hydrogens (tertiary/aromatic N) is 4. The number of benzene rings is 1. The molecule has 3 aromatic heterocycles. The number of anilines is 1. The number of pyridine rings is 1. The van der Waals surface area contributed by atoms with Gasteiger partial charge in [0, 0.05) is 30.3 Å². The zero-order chi connectivity index (χ0) is 24.4. The zero-order valence-electron chi connectivity index (χ0n) is 19.7. The molecular formula is C27H26N6O3. The molecule has 7 rings (SSSR count). The fourth-order valence-electron chi connectivity index (χ4n) is 6.54. The summed E-state index contributed by atoms with van der Waals surface area (Å²) in [5.74, 6) is 0.347. The largest absolute Gasteiger partial charge is 0.349 e. The summed E-state index contributed by atoms with van der Waals surface area (Å²) in [7, 11) is 0. The van der Waals surface area contributed by atoms with Crippen LogP contribution in [0.5, 0.6) is 0 Å². The van der Waals surface area contributed by atoms with Gasteiger partial charge in [-0.05, 0) is 55.7 Å². The molecule has 0 radical (unpaired) electrons. The Hall–Kier alpha value is -4.01. The van der Waals surface area contributed by atoms with Crippen molar-refractivity contribution in [2.45, 2.75) is 50.5 Å². The number of carbonyl (C=O) groups excluding carboxylic acids is 2. The van der Waals surface area contributed by atoms with Gasteiger partial charge in [-0.25, -0.2) is 9.61 Å². The first-order valence-electron chi connectivity index (χ1n) is 12.6. The first-order chi connectivity index (χ1) is 17.5. The number of aromatic nitrogens is 4. The van der Waals surface area contributed by atoms with Crippen LogP contribution in [0.1, 0.15) is 60.5 Å². The van der Waals surface area contributed by atoms with Crippen molar-refractivity contribution in [2.24, 2.45) is 5.41 Å². The van der Waals surface area contributed by atoms with E-state index in [2.05, 4.69) is 20.6 Å². The number of fused-ring (bicyclic) bond motifs is 2. The lowest BCUT2D eigenvalue weighted by Gasteiger charge is -2.57. The van der Waals surface area contributed by atoms with Gasteiger partial charge in [0.15, 0.2) is 0 Å². The van der Waals surface area contributed by atoms with Gasteiger partial charge in [-0.3, -0.25) is 14.4 Å². The highest BCUT2D eigenvalue weighted by molar-refractivity contribution is 6.01. The van der Waals surface area contributed by atoms with Gasteiger partial charge in [-0.15, -0.1) is 0 Å². The minimum Gasteiger partial charge on any atom is -0.349 e. The van der Waals surface area contributed by atoms with Gasteiger partial charge in [-0.1, -0.05) is 18.2 Å². The Balaban J connectivity index is 1.00. The Kier molecular flexibility index (Phi) is 4.58. The molecule has 1 aliphatic heterocycles. The lowest BCUT2D eigenvalue weighted by molar-refractivity contribution is -0.117. The van der Waals surface area contributed by atoms with Crippen LogP contribution in [0.3, 0.4) is 0 Å². The van der Waals surface area contributed by atoms with Crippen LogP contribution in [0, 0.1) is 5.41 Å². The third kappa shape index (κ3) is 3.26. The van der Waals surface area contributed by atoms with Crippen molar-refractivity contribution in [1.82, 2.24) is 25.1 Å². The molecule has 4 heterocycles. The molecule has 1 saturated heterocycles. The number of amides is 2. The maximum atomic E-state index is 13.0. The number of hydrogen-bond acceptors (Lipinski definition) is 5. The lowest BCUT2D eigenvalue weighted by Crippen LogP contribution is -2.55. The number of H-pyrrole nitrogens is 1. The second kappa shape index (κ2) is 7.74. The summed E-state index contributed by atoms with van der Waals surface area (Å²) in [5.41, 5.74) is 3.17. The van der Waals surface area contributed by atoms with Crippen molar-refractivity contribution in [1.29, 1.82) is 0 Å². The molecule has 3 aliphatic rings. The van der Waals surface area contributed by atoms with Crippen LogP contribution in [-0.2, 0) is 4.79 Å². The van der Waals surface area contributed by atoms with Gasteiger partial charge in [0.2, 0.25) is 5.91 Å². The van der Waals surface area contributed by atoms with Crippen molar-refractivity contribution in [3.05, 3.63) is 70.4 Å². The van der Waals surface area contributed by atoms with Crippen molar-refractivity contribution in [2.75, 3.05) is 11.4 Å². The Morgan fingerprint density at radius 2 is 1.86 bits per heavy atom. The maximum absolute atomic E-state index is 13.0. The van der Waals surface area contributed by atoms with Gasteiger partial charge in [0.25, 0.3) is 11.5 Å². The highest BCUT2D eigenvalue weighted by atomic mass is 16.2. The molecule has 2 amide bonds. The minimum absolute atomic E-state index is 0.112. The molecule has 2 aliphatic carbocycles. The molecule has 0 unspecified atom stereocenters. The average Bonchev–Trinajstić information content (AvgIpc) is 3.46. The van der Waals surface area contributed by atoms with Gasteiger partial charge >= 0.3 is 0 Å². The van der Waals surface area contributed by atoms with Gasteiger partial charge in [0.05, 0.1) is 40.2 Å². The van der Waals surface area contributed by atoms with Crippen molar-refractivity contribution < 1.29 is 9.59 Å². The maximum Gasteiger partial charge on any atom is 0.272 e. The second-order valence-corrected chi connectivity index (χ2v) is 10.6. The molecule has 2 N–H and O–H groups in total. The summed E-state index contributed by atoms with van der Waals surface area (Å²) >= 11 is 0. The molecule has 4 aromatic rings. The predicted molar refractivity (Wildman–Crippen MR) is 134 cm³/mol. The summed E-state index contributed by atoms with van der Waals surface area (Å²) in [6.45, 7) is 0.720. The first-order valence-corrected chi connectivity index (χ1v) is 12.6. The third-order valence-electron chi connectivity index (χ3n) is 8.30. The molecule has 9 heteroatoms. The van der Waals surface area contributed by atoms with E-state index in [1.54, 1.807) is 15.6 Å². The monoisotopic (exact) mass is 482 g/mol. The van der Waals surface area contributed by atoms with Gasteiger partial charge in [0.1, 0.15) is 0 Å². The fraction of sp³-hybridized carbons (Fsp3) is 0.370. The van der Waals surface area contributed by atoms with Gasteiger partial charge in [-0.2, -0.15) is 10.2 Å². The Bertz CT molecular complexity index is 1590. The molecule has 9 nitrogen and oxygen atoms in total. The fourth-order valence-corrected chi connectivity index (χ4v) is 6.54. The highest BCUT2D eigenvalue weighted by Gasteiger charge is 2.54. The van der Waals surface area contributed by atoms with E-state index in [1.165, 1.54) is 0 Å². The van der Waals surface area contributed by atoms with E-state index in [1.807, 2.05) is 42.6 Å². The number of rotatable bonds is 4. The number of carbonyl (C=O) groups is 2. The molecular weight excluding hydrogens is 456 g/mol. The minimum atomic E-state index is -0.150. The van der Waals surface area contributed by atoms with Gasteiger partial charge < -0.3 is 10.2 Å². The molecule has 1 spiro atoms. The van der Waals surface area contributed by atoms with Crippen LogP contribution in [0.15, 0.2) is 53.6 Å². The third-order valence-corrected chi connectivity index (χ3v) is 8.30. The molecule has 1 aromatic carbocycles. The Morgan fingerprint density at radius 3 is 2.64 bits per heavy atom. The molecule has 0 atom stereocenters. The Morgan fingerprint density at radius 1 is 1.06 bits per heavy atom. The molecule has 2 saturated carbocycles. The summed E-state index contributed by atoms with van der Waals surface area (Å²) < 4.78 is 1.68. The normalized spacial score (nSPS) is 25.3. The van der Waals surface area contributed by atoms with Crippen molar-refractivity contribution >= 4 is 33.8 Å². The molecule has 182 valence electrons. The van der Waals surface area contributed by atoms with Crippen molar-refractivity contribution in [3.63, 3.8) is 0 Å². The topological polar surface area (TPSA) is 112 Å². The standard InChI is InChI=1S/C27H26N6O3/c34-23-6-3-9-32(23)18-7-8-22-21(14-28-33(22)15-18)25(35)29-17-12-27(13-17)10-16(11-27)24-19-4-1-2-5-20(19)26(36)31-30-24/h1-2,4-5,7-8,14-17H,3,6,9-13H2,(H,29,35)(H,31,36). The van der Waals surface area contributed by atoms with Crippen LogP contribution >= 0.6 is 0 Å². The Labute approximate surface area is 206 Å². The summed E-state index contributed by atoms with van der Waals surface area (Å²) in [4.78, 5) is 38.9. The van der Waals surface area contributed by atoms with E-state index < -0.39 is 0 Å². The van der Waals surface area contributed by atoms with E-state index in [0.717, 1.165) is 60.9 Å². The smallest absolute Gasteiger partial charge is 0.272 e. The lowest BCUT2D eigenvalue weighted by atomic mass is 9.49. The summed E-state index contributed by atoms with van der Waals surface area (Å²) in [6.07, 6.45) is 8.82. The molecule has 0 bridgehead atoms. The number of aromatic amines is 1. The van der Waals surface area contributed by atoms with E-state index in [0.29, 0.717) is 23.3 Å². The average molecular weight is 483 g/mol. The summed E-state index contributed by atoms with van der Waals surface area (Å²) in [6, 6.07) is 11.5. The quantitative estimate of drug-likeness (QED) is 0.464. The SMILES string of the molecule is O=C(NC1CC2(C1)CC(c1n[nH]c(=O)c3ccccc13)C2)c1cnn2cc(N3CCCC3=O)ccc12. The van der Waals surface area contributed by atoms with Crippen molar-refractivity contribution in [3.8, 4) is 0 Å². The van der Waals surface area contributed by atoms with Crippen LogP contribution in [0.4, 0.5) is 5.69 Å². The van der Waals surface area contributed by atoms with E-state index in [4.69, 9.17) is 0 Å². The molecule has 3 fully saturated rings. The van der Waals surface area contributed by atoms with Crippen LogP contribution < -0.4 is 15.8 Å². The summed E-state index contributed by atoms with van der Waals surface area (Å²) in [5, 5.41) is 16.2. The number of nitrogens with one attached hydrogen (secondary N) is 2. The number of hydrogen-bond donors (Lipinski definition) is 2. The van der Waals surface area contributed by atoms with Crippen LogP contribution in [0.2, 0.25) is 0 Å². The van der Waals surface area contributed by atoms with Crippen LogP contribution in [0.25, 0.3) is 16.3 Å². The second-order valence-electron chi connectivity index (χ2n) is 10.6. The predicted octanol–water partition coefficient (Wildman–Crippen LogP) is 3.15. The van der Waals surface area contributed by atoms with E-state index in [-0.39, 0.29) is 28.8 Å². The zero-order valence-corrected chi connectivity index (χ0v) is 19.7. The first kappa shape index (κ1) is 21.3. The van der Waals surface area contributed by atoms with Crippen LogP contribution in [-0.4, -0.2) is 44.2 Å².